The summed E-state index contributed by atoms with van der Waals surface area (Å²) in [5.41, 5.74) is 5.22. The van der Waals surface area contributed by atoms with E-state index in [1.807, 2.05) is 0 Å². The monoisotopic (exact) mass is 655 g/mol. The maximum atomic E-state index is 15.1. The number of hydrogen-bond acceptors (Lipinski definition) is 9. The first-order valence-electron chi connectivity index (χ1n) is 13.8. The van der Waals surface area contributed by atoms with Gasteiger partial charge in [0.25, 0.3) is 10.0 Å². The van der Waals surface area contributed by atoms with Crippen molar-refractivity contribution >= 4 is 39.7 Å². The molecule has 0 aliphatic carbocycles. The lowest BCUT2D eigenvalue weighted by atomic mass is 10.1. The van der Waals surface area contributed by atoms with Crippen LogP contribution in [0.4, 0.5) is 8.78 Å². The summed E-state index contributed by atoms with van der Waals surface area (Å²) in [5.74, 6) is -1.37. The standard InChI is InChI=1S/C27H32F2N5O6PS2/c28-23-14-19(2-3-20(23)18-31)27(40-41(35)36)32-43(37,38)26-17-22-24(29)15-21(16-25(22)42-26)39-13-12-34-9-6-33(7-10-34,8-11-34)5-1-4-30/h2-3,14-17,27,32H,1,4-13,30H2/q+2. The number of sulfonamides is 1. The van der Waals surface area contributed by atoms with Crippen molar-refractivity contribution in [2.75, 3.05) is 65.5 Å². The molecule has 3 N–H and O–H groups in total. The van der Waals surface area contributed by atoms with Crippen molar-refractivity contribution in [2.45, 2.75) is 16.9 Å². The molecule has 3 aliphatic heterocycles. The number of hydrogen-bond donors (Lipinski definition) is 2. The molecular weight excluding hydrogens is 623 g/mol. The minimum Gasteiger partial charge on any atom is -0.566 e. The molecule has 0 radical (unpaired) electrons. The summed E-state index contributed by atoms with van der Waals surface area (Å²) < 4.78 is 81.7. The van der Waals surface area contributed by atoms with Crippen LogP contribution in [0.15, 0.2) is 40.6 Å². The second kappa shape index (κ2) is 12.8. The molecule has 3 aliphatic rings. The average Bonchev–Trinajstić information content (AvgIpc) is 3.43. The van der Waals surface area contributed by atoms with Gasteiger partial charge in [0.2, 0.25) is 6.23 Å². The normalized spacial score (nSPS) is 22.8. The number of nitriles is 1. The zero-order chi connectivity index (χ0) is 30.8. The lowest BCUT2D eigenvalue weighted by Gasteiger charge is -2.55. The SMILES string of the molecule is N#Cc1ccc(C(NS(=O)(=O)c2cc3c(F)cc(OCC[N+]45CC[N+](CCCN)(CC4)CC5)cc3s2)O[P+](=O)[O-])cc1F. The zero-order valence-electron chi connectivity index (χ0n) is 23.2. The van der Waals surface area contributed by atoms with E-state index >= 15 is 4.39 Å². The first-order valence-corrected chi connectivity index (χ1v) is 17.2. The second-order valence-electron chi connectivity index (χ2n) is 11.0. The van der Waals surface area contributed by atoms with Gasteiger partial charge in [-0.3, -0.25) is 0 Å². The highest BCUT2D eigenvalue weighted by atomic mass is 32.2. The van der Waals surface area contributed by atoms with Crippen LogP contribution in [0.25, 0.3) is 10.1 Å². The molecule has 0 amide bonds. The van der Waals surface area contributed by atoms with E-state index in [0.717, 1.165) is 103 Å². The maximum Gasteiger partial charge on any atom is 0.490 e. The highest BCUT2D eigenvalue weighted by molar-refractivity contribution is 7.91. The van der Waals surface area contributed by atoms with Gasteiger partial charge < -0.3 is 24.3 Å². The van der Waals surface area contributed by atoms with Gasteiger partial charge in [0.1, 0.15) is 80.1 Å². The van der Waals surface area contributed by atoms with Gasteiger partial charge in [-0.15, -0.1) is 15.9 Å². The molecule has 43 heavy (non-hydrogen) atoms. The van der Waals surface area contributed by atoms with Crippen molar-refractivity contribution in [1.29, 1.82) is 5.26 Å². The summed E-state index contributed by atoms with van der Waals surface area (Å²) in [6.07, 6.45) is -0.782. The van der Waals surface area contributed by atoms with E-state index in [4.69, 9.17) is 20.3 Å². The molecule has 1 aromatic heterocycles. The fourth-order valence-corrected chi connectivity index (χ4v) is 8.84. The number of piperazine rings is 3. The predicted octanol–water partition coefficient (Wildman–Crippen LogP) is 2.45. The number of thiophene rings is 1. The fourth-order valence-electron chi connectivity index (χ4n) is 5.88. The van der Waals surface area contributed by atoms with E-state index in [2.05, 4.69) is 4.72 Å². The van der Waals surface area contributed by atoms with E-state index < -0.39 is 36.1 Å². The molecule has 2 aromatic carbocycles. The molecule has 6 rings (SSSR count). The molecule has 2 unspecified atom stereocenters. The van der Waals surface area contributed by atoms with Crippen LogP contribution in [0, 0.1) is 23.0 Å². The van der Waals surface area contributed by atoms with Crippen LogP contribution in [0.1, 0.15) is 23.8 Å². The quantitative estimate of drug-likeness (QED) is 0.162. The molecule has 3 aromatic rings. The van der Waals surface area contributed by atoms with Crippen LogP contribution in [-0.2, 0) is 19.1 Å². The van der Waals surface area contributed by atoms with Crippen LogP contribution < -0.4 is 20.1 Å². The molecule has 2 bridgehead atoms. The van der Waals surface area contributed by atoms with Gasteiger partial charge >= 0.3 is 8.25 Å². The summed E-state index contributed by atoms with van der Waals surface area (Å²) >= 11 is 0.766. The number of nitrogens with one attached hydrogen (secondary N) is 1. The molecule has 11 nitrogen and oxygen atoms in total. The van der Waals surface area contributed by atoms with Crippen LogP contribution in [0.5, 0.6) is 5.75 Å². The van der Waals surface area contributed by atoms with E-state index in [1.54, 1.807) is 12.1 Å². The predicted molar refractivity (Wildman–Crippen MR) is 153 cm³/mol. The average molecular weight is 656 g/mol. The summed E-state index contributed by atoms with van der Waals surface area (Å²) in [4.78, 5) is 11.3. The van der Waals surface area contributed by atoms with E-state index in [9.17, 15) is 22.3 Å². The van der Waals surface area contributed by atoms with Crippen LogP contribution in [-0.4, -0.2) is 82.9 Å². The molecule has 16 heteroatoms. The minimum absolute atomic E-state index is 0.0510. The number of quaternary nitrogens is 2. The van der Waals surface area contributed by atoms with E-state index in [1.165, 1.54) is 6.07 Å². The van der Waals surface area contributed by atoms with Gasteiger partial charge in [-0.1, -0.05) is 6.07 Å². The van der Waals surface area contributed by atoms with Crippen LogP contribution >= 0.6 is 19.6 Å². The lowest BCUT2D eigenvalue weighted by molar-refractivity contribution is -1.08. The summed E-state index contributed by atoms with van der Waals surface area (Å²) in [5, 5.41) is 8.98. The Morgan fingerprint density at radius 1 is 1.07 bits per heavy atom. The number of fused-ring (bicyclic) bond motifs is 4. The molecule has 0 spiro atoms. The van der Waals surface area contributed by atoms with Crippen molar-refractivity contribution in [3.05, 3.63) is 59.2 Å². The third-order valence-electron chi connectivity index (χ3n) is 8.49. The summed E-state index contributed by atoms with van der Waals surface area (Å²) in [7, 11) is -8.00. The topological polar surface area (TPSA) is 155 Å². The van der Waals surface area contributed by atoms with Gasteiger partial charge in [0.05, 0.1) is 12.1 Å². The van der Waals surface area contributed by atoms with Crippen LogP contribution in [0.2, 0.25) is 0 Å². The Kier molecular flexibility index (Phi) is 9.43. The number of nitrogens with two attached hydrogens (primary N) is 1. The largest absolute Gasteiger partial charge is 0.566 e. The Morgan fingerprint density at radius 2 is 1.74 bits per heavy atom. The van der Waals surface area contributed by atoms with Gasteiger partial charge in [-0.05, 0) is 35.4 Å². The molecule has 3 saturated heterocycles. The third kappa shape index (κ3) is 7.04. The number of nitrogens with zero attached hydrogens (tertiary/aromatic N) is 3. The number of rotatable bonds is 13. The van der Waals surface area contributed by atoms with Gasteiger partial charge in [0, 0.05) is 28.1 Å². The van der Waals surface area contributed by atoms with E-state index in [-0.39, 0.29) is 26.5 Å². The smallest absolute Gasteiger partial charge is 0.490 e. The van der Waals surface area contributed by atoms with Crippen molar-refractivity contribution in [2.24, 2.45) is 5.73 Å². The molecule has 230 valence electrons. The van der Waals surface area contributed by atoms with Crippen molar-refractivity contribution in [3.63, 3.8) is 0 Å². The van der Waals surface area contributed by atoms with Gasteiger partial charge in [-0.2, -0.15) is 9.98 Å². The Bertz CT molecular complexity index is 1660. The Balaban J connectivity index is 1.27. The molecule has 2 atom stereocenters. The highest BCUT2D eigenvalue weighted by Gasteiger charge is 2.48. The Morgan fingerprint density at radius 3 is 2.35 bits per heavy atom. The van der Waals surface area contributed by atoms with E-state index in [0.29, 0.717) is 17.9 Å². The highest BCUT2D eigenvalue weighted by Crippen LogP contribution is 2.36. The summed E-state index contributed by atoms with van der Waals surface area (Å²) in [6, 6.07) is 8.57. The lowest BCUT2D eigenvalue weighted by Crippen LogP contribution is -2.75. The molecular formula is C27H32F2N5O6PS2+2. The Hall–Kier alpha value is -2.64. The molecule has 3 fully saturated rings. The van der Waals surface area contributed by atoms with Crippen molar-refractivity contribution in [1.82, 2.24) is 4.72 Å². The van der Waals surface area contributed by atoms with Crippen molar-refractivity contribution in [3.8, 4) is 11.8 Å². The molecule has 0 saturated carbocycles. The summed E-state index contributed by atoms with van der Waals surface area (Å²) in [6.45, 7) is 9.60. The first kappa shape index (κ1) is 31.8. The number of ether oxygens (including phenoxy) is 1. The van der Waals surface area contributed by atoms with Gasteiger partial charge in [-0.25, -0.2) is 17.2 Å². The number of halogens is 2. The van der Waals surface area contributed by atoms with Gasteiger partial charge in [0.15, 0.2) is 0 Å². The second-order valence-corrected chi connectivity index (χ2v) is 14.7. The fraction of sp³-hybridized carbons (Fsp3) is 0.444. The molecule has 4 heterocycles. The zero-order valence-corrected chi connectivity index (χ0v) is 25.7. The van der Waals surface area contributed by atoms with Crippen molar-refractivity contribution < 1.29 is 44.9 Å². The minimum atomic E-state index is -4.45. The maximum absolute atomic E-state index is 15.1. The number of benzene rings is 2. The van der Waals surface area contributed by atoms with Crippen LogP contribution in [0.3, 0.4) is 0 Å². The third-order valence-corrected chi connectivity index (χ3v) is 11.8. The first-order chi connectivity index (χ1) is 20.5. The Labute approximate surface area is 253 Å².